The van der Waals surface area contributed by atoms with Crippen LogP contribution in [-0.4, -0.2) is 44.2 Å². The average Bonchev–Trinajstić information content (AvgIpc) is 2.85. The summed E-state index contributed by atoms with van der Waals surface area (Å²) in [5.41, 5.74) is -3.55. The number of benzene rings is 2. The molecule has 38 heavy (non-hydrogen) atoms. The van der Waals surface area contributed by atoms with Crippen LogP contribution in [0.5, 0.6) is 11.6 Å². The standard InChI is InChI=1S/C24H19ClF3N3O7/c25-15-4-2-1-3-13(15)11-31-22(37)17(19(34)18(23(31)38)21(36)30-10-16(32)33)20(35)29-9-12-5-7-14(8-6-12)24(26,27)28/h1-8,34,37H,9-11H2,(H,29,35)(H,30,36)(H,32,33). The van der Waals surface area contributed by atoms with Crippen LogP contribution in [0.4, 0.5) is 13.2 Å². The molecule has 0 spiro atoms. The number of hydrogen-bond donors (Lipinski definition) is 5. The number of halogens is 4. The van der Waals surface area contributed by atoms with Gasteiger partial charge in [0.15, 0.2) is 5.75 Å². The first kappa shape index (κ1) is 28.1. The van der Waals surface area contributed by atoms with E-state index >= 15 is 0 Å². The van der Waals surface area contributed by atoms with Gasteiger partial charge in [0.1, 0.15) is 17.7 Å². The highest BCUT2D eigenvalue weighted by Crippen LogP contribution is 2.31. The zero-order valence-corrected chi connectivity index (χ0v) is 19.9. The summed E-state index contributed by atoms with van der Waals surface area (Å²) in [6.07, 6.45) is -4.56. The Bertz CT molecular complexity index is 1450. The lowest BCUT2D eigenvalue weighted by Crippen LogP contribution is -2.37. The molecule has 2 amide bonds. The van der Waals surface area contributed by atoms with Gasteiger partial charge in [-0.25, -0.2) is 0 Å². The normalized spacial score (nSPS) is 11.2. The second kappa shape index (κ2) is 11.3. The van der Waals surface area contributed by atoms with E-state index in [1.54, 1.807) is 12.1 Å². The van der Waals surface area contributed by atoms with Gasteiger partial charge in [-0.05, 0) is 29.3 Å². The fourth-order valence-corrected chi connectivity index (χ4v) is 3.58. The van der Waals surface area contributed by atoms with Gasteiger partial charge in [-0.3, -0.25) is 23.7 Å². The summed E-state index contributed by atoms with van der Waals surface area (Å²) < 4.78 is 38.9. The highest BCUT2D eigenvalue weighted by Gasteiger charge is 2.31. The number of hydrogen-bond acceptors (Lipinski definition) is 6. The van der Waals surface area contributed by atoms with E-state index in [-0.39, 0.29) is 17.1 Å². The van der Waals surface area contributed by atoms with Gasteiger partial charge >= 0.3 is 12.1 Å². The molecule has 0 saturated carbocycles. The molecular weight excluding hydrogens is 535 g/mol. The maximum absolute atomic E-state index is 13.0. The first-order valence-corrected chi connectivity index (χ1v) is 11.1. The third-order valence-electron chi connectivity index (χ3n) is 5.29. The first-order valence-electron chi connectivity index (χ1n) is 10.7. The Hall–Kier alpha value is -4.52. The summed E-state index contributed by atoms with van der Waals surface area (Å²) in [6.45, 7) is -1.71. The van der Waals surface area contributed by atoms with Crippen LogP contribution in [0.3, 0.4) is 0 Å². The van der Waals surface area contributed by atoms with E-state index in [4.69, 9.17) is 16.7 Å². The molecule has 14 heteroatoms. The molecule has 10 nitrogen and oxygen atoms in total. The Kier molecular flexibility index (Phi) is 8.31. The van der Waals surface area contributed by atoms with Gasteiger partial charge in [0.2, 0.25) is 5.88 Å². The van der Waals surface area contributed by atoms with E-state index in [1.165, 1.54) is 12.1 Å². The molecule has 2 aromatic carbocycles. The number of carboxylic acids is 1. The van der Waals surface area contributed by atoms with Gasteiger partial charge in [-0.1, -0.05) is 41.9 Å². The molecule has 200 valence electrons. The van der Waals surface area contributed by atoms with Crippen molar-refractivity contribution in [2.75, 3.05) is 6.54 Å². The number of nitrogens with one attached hydrogen (secondary N) is 2. The molecule has 0 atom stereocenters. The number of carbonyl (C=O) groups excluding carboxylic acids is 2. The monoisotopic (exact) mass is 553 g/mol. The van der Waals surface area contributed by atoms with Crippen LogP contribution in [0.25, 0.3) is 0 Å². The summed E-state index contributed by atoms with van der Waals surface area (Å²) >= 11 is 6.12. The fraction of sp³-hybridized carbons (Fsp3) is 0.167. The van der Waals surface area contributed by atoms with Crippen molar-refractivity contribution in [2.24, 2.45) is 0 Å². The Morgan fingerprint density at radius 1 is 0.921 bits per heavy atom. The summed E-state index contributed by atoms with van der Waals surface area (Å²) in [7, 11) is 0. The van der Waals surface area contributed by atoms with E-state index in [1.807, 2.05) is 5.32 Å². The van der Waals surface area contributed by atoms with Crippen LogP contribution >= 0.6 is 11.6 Å². The van der Waals surface area contributed by atoms with Gasteiger partial charge in [-0.2, -0.15) is 13.2 Å². The van der Waals surface area contributed by atoms with Crippen molar-refractivity contribution >= 4 is 29.4 Å². The van der Waals surface area contributed by atoms with Gasteiger partial charge in [0, 0.05) is 11.6 Å². The van der Waals surface area contributed by atoms with Crippen molar-refractivity contribution in [3.63, 3.8) is 0 Å². The number of aromatic nitrogens is 1. The van der Waals surface area contributed by atoms with E-state index in [0.717, 1.165) is 24.3 Å². The van der Waals surface area contributed by atoms with Crippen molar-refractivity contribution in [3.8, 4) is 11.6 Å². The number of aliphatic carboxylic acids is 1. The number of amides is 2. The molecule has 1 heterocycles. The molecule has 0 aliphatic carbocycles. The third kappa shape index (κ3) is 6.24. The summed E-state index contributed by atoms with van der Waals surface area (Å²) in [5.74, 6) is -6.23. The maximum atomic E-state index is 13.0. The van der Waals surface area contributed by atoms with Gasteiger partial charge in [-0.15, -0.1) is 0 Å². The minimum atomic E-state index is -4.56. The number of pyridine rings is 1. The van der Waals surface area contributed by atoms with Crippen LogP contribution in [-0.2, 0) is 24.1 Å². The number of alkyl halides is 3. The summed E-state index contributed by atoms with van der Waals surface area (Å²) in [6, 6.07) is 9.94. The number of carboxylic acid groups (broad SMARTS) is 1. The molecule has 0 aliphatic heterocycles. The molecule has 0 aliphatic rings. The molecule has 0 bridgehead atoms. The summed E-state index contributed by atoms with van der Waals surface area (Å²) in [5, 5.41) is 34.6. The predicted octanol–water partition coefficient (Wildman–Crippen LogP) is 2.72. The number of aromatic hydroxyl groups is 2. The lowest BCUT2D eigenvalue weighted by Gasteiger charge is -2.17. The Morgan fingerprint density at radius 2 is 1.53 bits per heavy atom. The second-order valence-corrected chi connectivity index (χ2v) is 8.27. The topological polar surface area (TPSA) is 158 Å². The molecule has 5 N–H and O–H groups in total. The molecule has 3 aromatic rings. The molecular formula is C24H19ClF3N3O7. The van der Waals surface area contributed by atoms with E-state index in [2.05, 4.69) is 5.32 Å². The molecule has 0 saturated heterocycles. The van der Waals surface area contributed by atoms with Crippen molar-refractivity contribution in [1.29, 1.82) is 0 Å². The number of rotatable bonds is 8. The van der Waals surface area contributed by atoms with E-state index in [0.29, 0.717) is 10.1 Å². The van der Waals surface area contributed by atoms with Gasteiger partial charge in [0.05, 0.1) is 12.1 Å². The first-order chi connectivity index (χ1) is 17.8. The Balaban J connectivity index is 2.02. The van der Waals surface area contributed by atoms with Crippen molar-refractivity contribution in [2.45, 2.75) is 19.3 Å². The molecule has 0 unspecified atom stereocenters. The Morgan fingerprint density at radius 3 is 2.11 bits per heavy atom. The van der Waals surface area contributed by atoms with Gasteiger partial charge < -0.3 is 26.0 Å². The number of carbonyl (C=O) groups is 3. The van der Waals surface area contributed by atoms with E-state index in [9.17, 15) is 42.6 Å². The second-order valence-electron chi connectivity index (χ2n) is 7.86. The maximum Gasteiger partial charge on any atom is 0.416 e. The quantitative estimate of drug-likeness (QED) is 0.287. The largest absolute Gasteiger partial charge is 0.506 e. The van der Waals surface area contributed by atoms with Crippen LogP contribution in [0.15, 0.2) is 53.3 Å². The highest BCUT2D eigenvalue weighted by molar-refractivity contribution is 6.31. The lowest BCUT2D eigenvalue weighted by atomic mass is 10.1. The Labute approximate surface area is 216 Å². The lowest BCUT2D eigenvalue weighted by molar-refractivity contribution is -0.138. The fourth-order valence-electron chi connectivity index (χ4n) is 3.38. The molecule has 0 radical (unpaired) electrons. The van der Waals surface area contributed by atoms with Crippen molar-refractivity contribution < 1.29 is 42.9 Å². The molecule has 3 rings (SSSR count). The minimum absolute atomic E-state index is 0.178. The van der Waals surface area contributed by atoms with Crippen LogP contribution < -0.4 is 16.2 Å². The SMILES string of the molecule is O=C(O)CNC(=O)c1c(O)c(C(=O)NCc2ccc(C(F)(F)F)cc2)c(O)n(Cc2ccccc2Cl)c1=O. The molecule has 1 aromatic heterocycles. The van der Waals surface area contributed by atoms with Crippen LogP contribution in [0.1, 0.15) is 37.4 Å². The van der Waals surface area contributed by atoms with Crippen LogP contribution in [0, 0.1) is 0 Å². The summed E-state index contributed by atoms with van der Waals surface area (Å²) in [4.78, 5) is 49.4. The minimum Gasteiger partial charge on any atom is -0.506 e. The smallest absolute Gasteiger partial charge is 0.416 e. The zero-order valence-electron chi connectivity index (χ0n) is 19.2. The average molecular weight is 554 g/mol. The van der Waals surface area contributed by atoms with E-state index < -0.39 is 70.9 Å². The van der Waals surface area contributed by atoms with Crippen molar-refractivity contribution in [1.82, 2.24) is 15.2 Å². The predicted molar refractivity (Wildman–Crippen MR) is 127 cm³/mol. The number of nitrogens with zero attached hydrogens (tertiary/aromatic N) is 1. The van der Waals surface area contributed by atoms with Crippen molar-refractivity contribution in [3.05, 3.63) is 91.7 Å². The molecule has 0 fully saturated rings. The van der Waals surface area contributed by atoms with Gasteiger partial charge in [0.25, 0.3) is 17.4 Å². The zero-order chi connectivity index (χ0) is 28.2. The van der Waals surface area contributed by atoms with Crippen LogP contribution in [0.2, 0.25) is 5.02 Å². The highest BCUT2D eigenvalue weighted by atomic mass is 35.5. The third-order valence-corrected chi connectivity index (χ3v) is 5.66.